The highest BCUT2D eigenvalue weighted by Gasteiger charge is 2.11. The molecule has 1 amide bonds. The molecule has 7 nitrogen and oxygen atoms in total. The van der Waals surface area contributed by atoms with Crippen LogP contribution in [0.2, 0.25) is 0 Å². The van der Waals surface area contributed by atoms with E-state index in [1.165, 1.54) is 0 Å². The fourth-order valence-corrected chi connectivity index (χ4v) is 2.26. The van der Waals surface area contributed by atoms with Crippen LogP contribution in [-0.4, -0.2) is 20.8 Å². The number of ether oxygens (including phenoxy) is 1. The largest absolute Gasteiger partial charge is 0.489 e. The molecule has 2 heterocycles. The number of anilines is 1. The van der Waals surface area contributed by atoms with Crippen LogP contribution in [0.5, 0.6) is 5.75 Å². The maximum absolute atomic E-state index is 12.3. The van der Waals surface area contributed by atoms with Crippen LogP contribution in [0, 0.1) is 13.8 Å². The first-order valence-electron chi connectivity index (χ1n) is 7.48. The fraction of sp³-hybridized carbons (Fsp3) is 0.235. The lowest BCUT2D eigenvalue weighted by molar-refractivity contribution is 0.102. The molecule has 0 saturated carbocycles. The van der Waals surface area contributed by atoms with E-state index in [9.17, 15) is 4.79 Å². The number of amides is 1. The van der Waals surface area contributed by atoms with Crippen molar-refractivity contribution < 1.29 is 14.1 Å². The summed E-state index contributed by atoms with van der Waals surface area (Å²) < 4.78 is 12.5. The predicted molar refractivity (Wildman–Crippen MR) is 87.9 cm³/mol. The highest BCUT2D eigenvalue weighted by Crippen LogP contribution is 2.19. The second-order valence-electron chi connectivity index (χ2n) is 5.45. The molecule has 0 saturated heterocycles. The van der Waals surface area contributed by atoms with Crippen LogP contribution in [-0.2, 0) is 13.7 Å². The number of carbonyl (C=O) groups is 1. The Morgan fingerprint density at radius 1 is 1.33 bits per heavy atom. The Balaban J connectivity index is 1.68. The second-order valence-corrected chi connectivity index (χ2v) is 5.45. The maximum atomic E-state index is 12.3. The average Bonchev–Trinajstić information content (AvgIpc) is 3.11. The number of hydrogen-bond acceptors (Lipinski definition) is 5. The number of benzene rings is 1. The molecule has 0 aliphatic heterocycles. The summed E-state index contributed by atoms with van der Waals surface area (Å²) in [5.74, 6) is 1.60. The molecule has 124 valence electrons. The van der Waals surface area contributed by atoms with Gasteiger partial charge < -0.3 is 14.6 Å². The number of aromatic nitrogens is 3. The van der Waals surface area contributed by atoms with Crippen LogP contribution >= 0.6 is 0 Å². The van der Waals surface area contributed by atoms with Gasteiger partial charge in [0.2, 0.25) is 0 Å². The van der Waals surface area contributed by atoms with Crippen molar-refractivity contribution in [3.05, 3.63) is 59.1 Å². The van der Waals surface area contributed by atoms with Crippen molar-refractivity contribution in [1.82, 2.24) is 14.9 Å². The molecule has 0 fully saturated rings. The summed E-state index contributed by atoms with van der Waals surface area (Å²) in [7, 11) is 1.79. The maximum Gasteiger partial charge on any atom is 0.256 e. The van der Waals surface area contributed by atoms with Gasteiger partial charge in [-0.3, -0.25) is 9.48 Å². The van der Waals surface area contributed by atoms with Gasteiger partial charge in [-0.05, 0) is 32.0 Å². The van der Waals surface area contributed by atoms with Crippen molar-refractivity contribution >= 4 is 11.7 Å². The summed E-state index contributed by atoms with van der Waals surface area (Å²) >= 11 is 0. The molecule has 0 radical (unpaired) electrons. The van der Waals surface area contributed by atoms with E-state index in [4.69, 9.17) is 9.26 Å². The van der Waals surface area contributed by atoms with E-state index in [0.717, 1.165) is 17.0 Å². The lowest BCUT2D eigenvalue weighted by atomic mass is 10.2. The van der Waals surface area contributed by atoms with Crippen molar-refractivity contribution in [1.29, 1.82) is 0 Å². The minimum Gasteiger partial charge on any atom is -0.489 e. The molecule has 0 spiro atoms. The van der Waals surface area contributed by atoms with Gasteiger partial charge in [-0.1, -0.05) is 11.2 Å². The normalized spacial score (nSPS) is 10.6. The first-order chi connectivity index (χ1) is 11.5. The molecule has 0 atom stereocenters. The summed E-state index contributed by atoms with van der Waals surface area (Å²) in [4.78, 5) is 12.3. The minimum absolute atomic E-state index is 0.239. The van der Waals surface area contributed by atoms with E-state index in [-0.39, 0.29) is 5.91 Å². The van der Waals surface area contributed by atoms with Gasteiger partial charge >= 0.3 is 0 Å². The quantitative estimate of drug-likeness (QED) is 0.779. The molecule has 3 rings (SSSR count). The SMILES string of the molecule is Cc1noc(C)c1COc1cccc(C(=O)Nc2ccn(C)n2)c1. The predicted octanol–water partition coefficient (Wildman–Crippen LogP) is 2.86. The van der Waals surface area contributed by atoms with Gasteiger partial charge in [-0.15, -0.1) is 0 Å². The van der Waals surface area contributed by atoms with Crippen molar-refractivity contribution in [3.63, 3.8) is 0 Å². The molecule has 24 heavy (non-hydrogen) atoms. The molecule has 0 aliphatic carbocycles. The standard InChI is InChI=1S/C17H18N4O3/c1-11-15(12(2)24-20-11)10-23-14-6-4-5-13(9-14)17(22)18-16-7-8-21(3)19-16/h4-9H,10H2,1-3H3,(H,18,19,22). The van der Waals surface area contributed by atoms with Crippen LogP contribution < -0.4 is 10.1 Å². The van der Waals surface area contributed by atoms with Gasteiger partial charge in [-0.2, -0.15) is 5.10 Å². The summed E-state index contributed by atoms with van der Waals surface area (Å²) in [5, 5.41) is 10.8. The molecule has 3 aromatic rings. The van der Waals surface area contributed by atoms with E-state index in [0.29, 0.717) is 23.7 Å². The van der Waals surface area contributed by atoms with E-state index in [2.05, 4.69) is 15.6 Å². The highest BCUT2D eigenvalue weighted by molar-refractivity contribution is 6.03. The molecule has 0 aliphatic rings. The summed E-state index contributed by atoms with van der Waals surface area (Å²) in [6.07, 6.45) is 1.76. The van der Waals surface area contributed by atoms with Crippen molar-refractivity contribution in [3.8, 4) is 5.75 Å². The molecule has 2 aromatic heterocycles. The van der Waals surface area contributed by atoms with Gasteiger partial charge in [0.15, 0.2) is 5.82 Å². The fourth-order valence-electron chi connectivity index (χ4n) is 2.26. The zero-order valence-corrected chi connectivity index (χ0v) is 13.7. The molecule has 1 N–H and O–H groups in total. The average molecular weight is 326 g/mol. The Labute approximate surface area is 139 Å². The Kier molecular flexibility index (Phi) is 4.33. The van der Waals surface area contributed by atoms with Crippen LogP contribution in [0.4, 0.5) is 5.82 Å². The minimum atomic E-state index is -0.239. The number of rotatable bonds is 5. The third-order valence-corrected chi connectivity index (χ3v) is 3.62. The van der Waals surface area contributed by atoms with Gasteiger partial charge in [0, 0.05) is 24.9 Å². The van der Waals surface area contributed by atoms with Gasteiger partial charge in [0.05, 0.1) is 11.3 Å². The number of nitrogens with zero attached hydrogens (tertiary/aromatic N) is 3. The van der Waals surface area contributed by atoms with E-state index < -0.39 is 0 Å². The lowest BCUT2D eigenvalue weighted by Crippen LogP contribution is -2.12. The van der Waals surface area contributed by atoms with Crippen LogP contribution in [0.25, 0.3) is 0 Å². The third kappa shape index (κ3) is 3.45. The number of aryl methyl sites for hydroxylation is 3. The van der Waals surface area contributed by atoms with Crippen LogP contribution in [0.1, 0.15) is 27.4 Å². The monoisotopic (exact) mass is 326 g/mol. The Morgan fingerprint density at radius 2 is 2.17 bits per heavy atom. The topological polar surface area (TPSA) is 82.2 Å². The molecule has 1 aromatic carbocycles. The summed E-state index contributed by atoms with van der Waals surface area (Å²) in [6.45, 7) is 4.05. The molecule has 0 bridgehead atoms. The second kappa shape index (κ2) is 6.57. The molecule has 7 heteroatoms. The first kappa shape index (κ1) is 15.8. The van der Waals surface area contributed by atoms with Gasteiger partial charge in [0.25, 0.3) is 5.91 Å². The smallest absolute Gasteiger partial charge is 0.256 e. The van der Waals surface area contributed by atoms with E-state index >= 15 is 0 Å². The van der Waals surface area contributed by atoms with Crippen LogP contribution in [0.15, 0.2) is 41.1 Å². The lowest BCUT2D eigenvalue weighted by Gasteiger charge is -2.08. The molecular weight excluding hydrogens is 308 g/mol. The molecular formula is C17H18N4O3. The van der Waals surface area contributed by atoms with Crippen LogP contribution in [0.3, 0.4) is 0 Å². The number of nitrogens with one attached hydrogen (secondary N) is 1. The highest BCUT2D eigenvalue weighted by atomic mass is 16.5. The van der Waals surface area contributed by atoms with Crippen molar-refractivity contribution in [2.45, 2.75) is 20.5 Å². The Morgan fingerprint density at radius 3 is 2.83 bits per heavy atom. The first-order valence-corrected chi connectivity index (χ1v) is 7.48. The zero-order chi connectivity index (χ0) is 17.1. The van der Waals surface area contributed by atoms with Crippen molar-refractivity contribution in [2.24, 2.45) is 7.05 Å². The zero-order valence-electron chi connectivity index (χ0n) is 13.7. The van der Waals surface area contributed by atoms with E-state index in [1.54, 1.807) is 48.3 Å². The molecule has 0 unspecified atom stereocenters. The number of carbonyl (C=O) groups excluding carboxylic acids is 1. The number of hydrogen-bond donors (Lipinski definition) is 1. The third-order valence-electron chi connectivity index (χ3n) is 3.62. The van der Waals surface area contributed by atoms with Gasteiger partial charge in [0.1, 0.15) is 18.1 Å². The van der Waals surface area contributed by atoms with Gasteiger partial charge in [-0.25, -0.2) is 0 Å². The van der Waals surface area contributed by atoms with E-state index in [1.807, 2.05) is 13.8 Å². The summed E-state index contributed by atoms with van der Waals surface area (Å²) in [5.41, 5.74) is 2.21. The Hall–Kier alpha value is -3.09. The van der Waals surface area contributed by atoms with Crippen molar-refractivity contribution in [2.75, 3.05) is 5.32 Å². The Bertz CT molecular complexity index is 847. The summed E-state index contributed by atoms with van der Waals surface area (Å²) in [6, 6.07) is 8.72.